The van der Waals surface area contributed by atoms with Gasteiger partial charge in [-0.15, -0.1) is 0 Å². The summed E-state index contributed by atoms with van der Waals surface area (Å²) in [6, 6.07) is 5.28. The van der Waals surface area contributed by atoms with E-state index in [2.05, 4.69) is 15.0 Å². The number of nitrogens with zero attached hydrogens (tertiary/aromatic N) is 4. The van der Waals surface area contributed by atoms with E-state index >= 15 is 0 Å². The van der Waals surface area contributed by atoms with Gasteiger partial charge < -0.3 is 10.6 Å². The Hall–Kier alpha value is -2.83. The van der Waals surface area contributed by atoms with Crippen LogP contribution in [0.2, 0.25) is 0 Å². The Morgan fingerprint density at radius 2 is 2.12 bits per heavy atom. The largest absolute Gasteiger partial charge is 0.368 e. The molecule has 3 heterocycles. The Bertz CT molecular complexity index is 763. The molecule has 0 saturated carbocycles. The molecule has 0 spiro atoms. The van der Waals surface area contributed by atoms with Crippen LogP contribution in [0.5, 0.6) is 0 Å². The predicted molar refractivity (Wildman–Crippen MR) is 88.4 cm³/mol. The number of pyridine rings is 1. The van der Waals surface area contributed by atoms with Crippen molar-refractivity contribution in [2.75, 3.05) is 18.8 Å². The minimum atomic E-state index is -0.229. The summed E-state index contributed by atoms with van der Waals surface area (Å²) >= 11 is 0. The second-order valence-corrected chi connectivity index (χ2v) is 5.90. The fourth-order valence-electron chi connectivity index (χ4n) is 2.96. The lowest BCUT2D eigenvalue weighted by atomic mass is 9.91. The average Bonchev–Trinajstić information content (AvgIpc) is 2.61. The molecule has 0 bridgehead atoms. The van der Waals surface area contributed by atoms with Gasteiger partial charge in [-0.25, -0.2) is 9.97 Å². The third kappa shape index (κ3) is 3.24. The summed E-state index contributed by atoms with van der Waals surface area (Å²) in [5.41, 5.74) is 6.95. The molecule has 1 unspecified atom stereocenters. The first-order valence-electron chi connectivity index (χ1n) is 7.90. The van der Waals surface area contributed by atoms with E-state index in [1.54, 1.807) is 36.2 Å². The highest BCUT2D eigenvalue weighted by atomic mass is 16.2. The van der Waals surface area contributed by atoms with Crippen LogP contribution < -0.4 is 5.73 Å². The summed E-state index contributed by atoms with van der Waals surface area (Å²) in [4.78, 5) is 39.0. The molecular formula is C17H19N5O2. The molecule has 1 saturated heterocycles. The molecule has 1 aliphatic heterocycles. The van der Waals surface area contributed by atoms with Gasteiger partial charge in [0.25, 0.3) is 5.91 Å². The summed E-state index contributed by atoms with van der Waals surface area (Å²) < 4.78 is 0. The number of anilines is 1. The molecule has 0 radical (unpaired) electrons. The number of hydrogen-bond acceptors (Lipinski definition) is 6. The number of piperidine rings is 1. The second kappa shape index (κ2) is 6.74. The lowest BCUT2D eigenvalue weighted by Crippen LogP contribution is -2.42. The van der Waals surface area contributed by atoms with Gasteiger partial charge in [-0.3, -0.25) is 14.6 Å². The molecule has 7 nitrogen and oxygen atoms in total. The summed E-state index contributed by atoms with van der Waals surface area (Å²) in [6.07, 6.45) is 4.60. The zero-order valence-electron chi connectivity index (χ0n) is 13.5. The molecule has 1 fully saturated rings. The van der Waals surface area contributed by atoms with E-state index in [1.165, 1.54) is 6.20 Å². The molecule has 3 rings (SSSR count). The van der Waals surface area contributed by atoms with E-state index in [-0.39, 0.29) is 23.6 Å². The predicted octanol–water partition coefficient (Wildman–Crippen LogP) is 1.50. The number of hydrogen-bond donors (Lipinski definition) is 1. The molecule has 1 aliphatic rings. The highest BCUT2D eigenvalue weighted by Gasteiger charge is 2.30. The second-order valence-electron chi connectivity index (χ2n) is 5.90. The lowest BCUT2D eigenvalue weighted by Gasteiger charge is -2.32. The van der Waals surface area contributed by atoms with Crippen LogP contribution in [0.25, 0.3) is 0 Å². The smallest absolute Gasteiger partial charge is 0.257 e. The van der Waals surface area contributed by atoms with Crippen molar-refractivity contribution < 1.29 is 9.59 Å². The number of likely N-dealkylation sites (tertiary alicyclic amines) is 1. The highest BCUT2D eigenvalue weighted by Crippen LogP contribution is 2.22. The van der Waals surface area contributed by atoms with E-state index in [1.807, 2.05) is 0 Å². The molecule has 1 atom stereocenters. The number of nitrogens with two attached hydrogens (primary N) is 1. The Labute approximate surface area is 139 Å². The number of nitrogen functional groups attached to an aromatic ring is 1. The third-order valence-corrected chi connectivity index (χ3v) is 4.23. The number of Topliss-reactive ketones (excluding diaryl/α,β-unsaturated/α-hetero) is 1. The van der Waals surface area contributed by atoms with Crippen molar-refractivity contribution >= 4 is 17.6 Å². The van der Waals surface area contributed by atoms with Crippen LogP contribution in [-0.2, 0) is 0 Å². The number of carbonyl (C=O) groups excluding carboxylic acids is 2. The average molecular weight is 325 g/mol. The lowest BCUT2D eigenvalue weighted by molar-refractivity contribution is 0.0634. The van der Waals surface area contributed by atoms with E-state index in [0.717, 1.165) is 12.8 Å². The van der Waals surface area contributed by atoms with Crippen LogP contribution in [0.15, 0.2) is 30.6 Å². The van der Waals surface area contributed by atoms with Gasteiger partial charge in [-0.05, 0) is 31.9 Å². The molecule has 2 aromatic rings. The summed E-state index contributed by atoms with van der Waals surface area (Å²) in [5, 5.41) is 0. The van der Waals surface area contributed by atoms with Gasteiger partial charge in [0.05, 0.1) is 11.3 Å². The van der Waals surface area contributed by atoms with Gasteiger partial charge in [0, 0.05) is 31.4 Å². The van der Waals surface area contributed by atoms with Crippen LogP contribution in [0.1, 0.15) is 39.4 Å². The minimum absolute atomic E-state index is 0.0154. The van der Waals surface area contributed by atoms with Gasteiger partial charge in [-0.1, -0.05) is 6.07 Å². The van der Waals surface area contributed by atoms with Gasteiger partial charge >= 0.3 is 0 Å². The maximum atomic E-state index is 12.7. The summed E-state index contributed by atoms with van der Waals surface area (Å²) in [7, 11) is 0. The molecule has 2 aromatic heterocycles. The number of rotatable bonds is 3. The van der Waals surface area contributed by atoms with Crippen molar-refractivity contribution in [1.82, 2.24) is 19.9 Å². The van der Waals surface area contributed by atoms with E-state index in [9.17, 15) is 9.59 Å². The van der Waals surface area contributed by atoms with Gasteiger partial charge in [0.15, 0.2) is 5.78 Å². The van der Waals surface area contributed by atoms with Crippen molar-refractivity contribution in [3.8, 4) is 0 Å². The Balaban J connectivity index is 1.75. The van der Waals surface area contributed by atoms with Crippen LogP contribution in [0, 0.1) is 12.8 Å². The zero-order chi connectivity index (χ0) is 17.1. The number of aromatic nitrogens is 3. The quantitative estimate of drug-likeness (QED) is 0.858. The fourth-order valence-corrected chi connectivity index (χ4v) is 2.96. The Kier molecular flexibility index (Phi) is 4.50. The molecule has 2 N–H and O–H groups in total. The molecule has 0 aromatic carbocycles. The van der Waals surface area contributed by atoms with Crippen LogP contribution in [0.4, 0.5) is 5.95 Å². The topological polar surface area (TPSA) is 102 Å². The monoisotopic (exact) mass is 325 g/mol. The zero-order valence-corrected chi connectivity index (χ0v) is 13.5. The van der Waals surface area contributed by atoms with E-state index in [0.29, 0.717) is 30.0 Å². The third-order valence-electron chi connectivity index (χ3n) is 4.23. The van der Waals surface area contributed by atoms with Crippen LogP contribution in [0.3, 0.4) is 0 Å². The summed E-state index contributed by atoms with van der Waals surface area (Å²) in [5.74, 6) is -0.261. The fraction of sp³-hybridized carbons (Fsp3) is 0.353. The SMILES string of the molecule is Cc1nc(N)ncc1C(=O)N1CCCC(C(=O)c2ccccn2)C1. The van der Waals surface area contributed by atoms with Crippen molar-refractivity contribution in [2.45, 2.75) is 19.8 Å². The van der Waals surface area contributed by atoms with Crippen molar-refractivity contribution in [3.63, 3.8) is 0 Å². The van der Waals surface area contributed by atoms with Crippen molar-refractivity contribution in [2.24, 2.45) is 5.92 Å². The molecular weight excluding hydrogens is 306 g/mol. The standard InChI is InChI=1S/C17H19N5O2/c1-11-13(9-20-17(18)21-11)16(24)22-8-4-5-12(10-22)15(23)14-6-2-3-7-19-14/h2-3,6-7,9,12H,4-5,8,10H2,1H3,(H2,18,20,21). The van der Waals surface area contributed by atoms with Crippen LogP contribution >= 0.6 is 0 Å². The number of carbonyl (C=O) groups is 2. The van der Waals surface area contributed by atoms with Gasteiger partial charge in [-0.2, -0.15) is 0 Å². The maximum absolute atomic E-state index is 12.7. The van der Waals surface area contributed by atoms with Crippen LogP contribution in [-0.4, -0.2) is 44.6 Å². The number of amides is 1. The van der Waals surface area contributed by atoms with Gasteiger partial charge in [0.2, 0.25) is 5.95 Å². The molecule has 1 amide bonds. The minimum Gasteiger partial charge on any atom is -0.368 e. The van der Waals surface area contributed by atoms with Gasteiger partial charge in [0.1, 0.15) is 5.69 Å². The molecule has 124 valence electrons. The number of aryl methyl sites for hydroxylation is 1. The van der Waals surface area contributed by atoms with E-state index < -0.39 is 0 Å². The van der Waals surface area contributed by atoms with E-state index in [4.69, 9.17) is 5.73 Å². The Morgan fingerprint density at radius 3 is 2.83 bits per heavy atom. The van der Waals surface area contributed by atoms with Crippen molar-refractivity contribution in [3.05, 3.63) is 47.5 Å². The first-order valence-corrected chi connectivity index (χ1v) is 7.90. The Morgan fingerprint density at radius 1 is 1.29 bits per heavy atom. The molecule has 0 aliphatic carbocycles. The first kappa shape index (κ1) is 16.0. The highest BCUT2D eigenvalue weighted by molar-refractivity contribution is 5.98. The number of ketones is 1. The maximum Gasteiger partial charge on any atom is 0.257 e. The first-order chi connectivity index (χ1) is 11.6. The normalized spacial score (nSPS) is 17.5. The summed E-state index contributed by atoms with van der Waals surface area (Å²) in [6.45, 7) is 2.73. The molecule has 7 heteroatoms. The molecule has 24 heavy (non-hydrogen) atoms. The van der Waals surface area contributed by atoms with Crippen molar-refractivity contribution in [1.29, 1.82) is 0 Å².